The van der Waals surface area contributed by atoms with Crippen molar-refractivity contribution in [3.05, 3.63) is 60.2 Å². The number of benzene rings is 1. The predicted octanol–water partition coefficient (Wildman–Crippen LogP) is 3.10. The van der Waals surface area contributed by atoms with Gasteiger partial charge in [-0.1, -0.05) is 48.6 Å². The third kappa shape index (κ3) is 1.53. The molecule has 1 nitrogen and oxygen atoms in total. The number of hydrogen-bond donors (Lipinski definition) is 0. The summed E-state index contributed by atoms with van der Waals surface area (Å²) >= 11 is 0. The van der Waals surface area contributed by atoms with E-state index in [0.29, 0.717) is 11.8 Å². The van der Waals surface area contributed by atoms with E-state index in [1.807, 2.05) is 6.07 Å². The summed E-state index contributed by atoms with van der Waals surface area (Å²) in [5.41, 5.74) is 1.35. The van der Waals surface area contributed by atoms with Gasteiger partial charge in [-0.25, -0.2) is 0 Å². The van der Waals surface area contributed by atoms with Crippen LogP contribution in [0.2, 0.25) is 0 Å². The Morgan fingerprint density at radius 2 is 1.81 bits per heavy atom. The van der Waals surface area contributed by atoms with Crippen molar-refractivity contribution in [1.29, 1.82) is 0 Å². The van der Waals surface area contributed by atoms with E-state index in [2.05, 4.69) is 42.5 Å². The highest BCUT2D eigenvalue weighted by Gasteiger charge is 2.31. The minimum Gasteiger partial charge on any atom is -0.294 e. The van der Waals surface area contributed by atoms with Gasteiger partial charge in [0.1, 0.15) is 0 Å². The molecule has 3 aliphatic carbocycles. The summed E-state index contributed by atoms with van der Waals surface area (Å²) < 4.78 is 0. The smallest absolute Gasteiger partial charge is 0.162 e. The van der Waals surface area contributed by atoms with Gasteiger partial charge < -0.3 is 0 Å². The minimum absolute atomic E-state index is 0.0974. The summed E-state index contributed by atoms with van der Waals surface area (Å²) in [6.07, 6.45) is 9.04. The fourth-order valence-electron chi connectivity index (χ4n) is 2.70. The Morgan fingerprint density at radius 1 is 1.00 bits per heavy atom. The second-order valence-corrected chi connectivity index (χ2v) is 4.58. The summed E-state index contributed by atoms with van der Waals surface area (Å²) in [4.78, 5) is 11.7. The first-order chi connectivity index (χ1) is 7.84. The molecule has 3 atom stereocenters. The Labute approximate surface area is 95.5 Å². The van der Waals surface area contributed by atoms with Crippen LogP contribution in [0, 0.1) is 11.8 Å². The molecule has 0 spiro atoms. The largest absolute Gasteiger partial charge is 0.294 e. The van der Waals surface area contributed by atoms with Crippen molar-refractivity contribution >= 4 is 5.78 Å². The molecule has 1 aromatic rings. The molecule has 3 aliphatic rings. The molecule has 0 N–H and O–H groups in total. The summed E-state index contributed by atoms with van der Waals surface area (Å²) in [7, 11) is 0. The Kier molecular flexibility index (Phi) is 2.24. The average molecular weight is 210 g/mol. The quantitative estimate of drug-likeness (QED) is 0.651. The van der Waals surface area contributed by atoms with Crippen molar-refractivity contribution in [2.24, 2.45) is 11.8 Å². The number of rotatable bonds is 1. The number of hydrogen-bond acceptors (Lipinski definition) is 1. The molecular weight excluding hydrogens is 196 g/mol. The molecule has 16 heavy (non-hydrogen) atoms. The monoisotopic (exact) mass is 210 g/mol. The van der Waals surface area contributed by atoms with Crippen LogP contribution < -0.4 is 0 Å². The molecule has 80 valence electrons. The maximum absolute atomic E-state index is 11.7. The van der Waals surface area contributed by atoms with Crippen LogP contribution in [-0.4, -0.2) is 5.78 Å². The Hall–Kier alpha value is -1.63. The van der Waals surface area contributed by atoms with Crippen molar-refractivity contribution in [2.45, 2.75) is 12.3 Å². The van der Waals surface area contributed by atoms with Crippen LogP contribution in [0.25, 0.3) is 0 Å². The van der Waals surface area contributed by atoms with E-state index < -0.39 is 0 Å². The number of allylic oxidation sites excluding steroid dienone is 4. The van der Waals surface area contributed by atoms with Gasteiger partial charge in [0.2, 0.25) is 0 Å². The molecule has 0 saturated carbocycles. The van der Waals surface area contributed by atoms with Crippen molar-refractivity contribution in [3.8, 4) is 0 Å². The van der Waals surface area contributed by atoms with Crippen molar-refractivity contribution in [2.75, 3.05) is 0 Å². The van der Waals surface area contributed by atoms with Crippen molar-refractivity contribution in [1.82, 2.24) is 0 Å². The van der Waals surface area contributed by atoms with Crippen molar-refractivity contribution < 1.29 is 4.79 Å². The fourth-order valence-corrected chi connectivity index (χ4v) is 2.70. The standard InChI is InChI=1S/C15H14O/c16-15-9-8-12-6-7-13(15)10-14(12)11-4-2-1-3-5-11/h1-9,12-14H,10H2. The van der Waals surface area contributed by atoms with Gasteiger partial charge in [-0.3, -0.25) is 4.79 Å². The van der Waals surface area contributed by atoms with Crippen LogP contribution in [0.5, 0.6) is 0 Å². The molecule has 1 aromatic carbocycles. The lowest BCUT2D eigenvalue weighted by Gasteiger charge is -2.27. The molecule has 0 aliphatic heterocycles. The molecule has 2 bridgehead atoms. The minimum atomic E-state index is 0.0974. The van der Waals surface area contributed by atoms with Crippen molar-refractivity contribution in [3.63, 3.8) is 0 Å². The van der Waals surface area contributed by atoms with Gasteiger partial charge >= 0.3 is 0 Å². The normalized spacial score (nSPS) is 31.8. The highest BCUT2D eigenvalue weighted by Crippen LogP contribution is 2.39. The van der Waals surface area contributed by atoms with E-state index in [0.717, 1.165) is 6.42 Å². The average Bonchev–Trinajstić information content (AvgIpc) is 2.62. The lowest BCUT2D eigenvalue weighted by atomic mass is 9.76. The zero-order valence-electron chi connectivity index (χ0n) is 9.04. The Morgan fingerprint density at radius 3 is 2.62 bits per heavy atom. The Balaban J connectivity index is 1.98. The third-order valence-corrected chi connectivity index (χ3v) is 3.61. The van der Waals surface area contributed by atoms with Gasteiger partial charge in [0, 0.05) is 11.8 Å². The highest BCUT2D eigenvalue weighted by molar-refractivity contribution is 5.94. The van der Waals surface area contributed by atoms with E-state index in [-0.39, 0.29) is 11.7 Å². The van der Waals surface area contributed by atoms with E-state index in [1.165, 1.54) is 5.56 Å². The second-order valence-electron chi connectivity index (χ2n) is 4.58. The SMILES string of the molecule is O=C1C=CC2C=CC1CC2c1ccccc1. The molecular formula is C15H14O. The summed E-state index contributed by atoms with van der Waals surface area (Å²) in [5.74, 6) is 1.22. The van der Waals surface area contributed by atoms with Crippen LogP contribution in [0.1, 0.15) is 17.9 Å². The summed E-state index contributed by atoms with van der Waals surface area (Å²) in [6.45, 7) is 0. The van der Waals surface area contributed by atoms with E-state index in [9.17, 15) is 4.79 Å². The van der Waals surface area contributed by atoms with Gasteiger partial charge in [0.05, 0.1) is 0 Å². The van der Waals surface area contributed by atoms with Crippen LogP contribution in [0.3, 0.4) is 0 Å². The summed E-state index contributed by atoms with van der Waals surface area (Å²) in [5, 5.41) is 0. The predicted molar refractivity (Wildman–Crippen MR) is 64.1 cm³/mol. The molecule has 0 amide bonds. The number of carbonyl (C=O) groups is 1. The lowest BCUT2D eigenvalue weighted by Crippen LogP contribution is -2.18. The maximum atomic E-state index is 11.7. The molecule has 4 rings (SSSR count). The number of ketones is 1. The zero-order chi connectivity index (χ0) is 11.0. The van der Waals surface area contributed by atoms with Crippen LogP contribution in [0.4, 0.5) is 0 Å². The third-order valence-electron chi connectivity index (χ3n) is 3.61. The fraction of sp³-hybridized carbons (Fsp3) is 0.267. The number of fused-ring (bicyclic) bond motifs is 2. The summed E-state index contributed by atoms with van der Waals surface area (Å²) in [6, 6.07) is 10.5. The van der Waals surface area contributed by atoms with E-state index >= 15 is 0 Å². The van der Waals surface area contributed by atoms with Gasteiger partial charge in [-0.05, 0) is 24.0 Å². The Bertz CT molecular complexity index is 456. The van der Waals surface area contributed by atoms with Gasteiger partial charge in [0.25, 0.3) is 0 Å². The van der Waals surface area contributed by atoms with Crippen LogP contribution in [-0.2, 0) is 4.79 Å². The first-order valence-corrected chi connectivity index (χ1v) is 5.80. The molecule has 0 radical (unpaired) electrons. The van der Waals surface area contributed by atoms with Gasteiger partial charge in [0.15, 0.2) is 5.78 Å². The first-order valence-electron chi connectivity index (χ1n) is 5.80. The molecule has 3 unspecified atom stereocenters. The molecule has 0 aromatic heterocycles. The van der Waals surface area contributed by atoms with Gasteiger partial charge in [-0.15, -0.1) is 0 Å². The second kappa shape index (κ2) is 3.75. The zero-order valence-corrected chi connectivity index (χ0v) is 9.04. The number of carbonyl (C=O) groups excluding carboxylic acids is 1. The van der Waals surface area contributed by atoms with Crippen LogP contribution in [0.15, 0.2) is 54.6 Å². The van der Waals surface area contributed by atoms with Crippen LogP contribution >= 0.6 is 0 Å². The lowest BCUT2D eigenvalue weighted by molar-refractivity contribution is -0.117. The van der Waals surface area contributed by atoms with Gasteiger partial charge in [-0.2, -0.15) is 0 Å². The first kappa shape index (κ1) is 9.59. The molecule has 0 fully saturated rings. The molecule has 1 heteroatoms. The van der Waals surface area contributed by atoms with E-state index in [1.54, 1.807) is 6.08 Å². The molecule has 0 heterocycles. The molecule has 0 saturated heterocycles. The highest BCUT2D eigenvalue weighted by atomic mass is 16.1. The topological polar surface area (TPSA) is 17.1 Å². The maximum Gasteiger partial charge on any atom is 0.162 e. The van der Waals surface area contributed by atoms with E-state index in [4.69, 9.17) is 0 Å².